The lowest BCUT2D eigenvalue weighted by Crippen LogP contribution is -2.17. The first-order valence-electron chi connectivity index (χ1n) is 5.79. The molecule has 0 unspecified atom stereocenters. The van der Waals surface area contributed by atoms with Gasteiger partial charge in [0.1, 0.15) is 11.6 Å². The summed E-state index contributed by atoms with van der Waals surface area (Å²) in [5, 5.41) is 0. The van der Waals surface area contributed by atoms with Crippen LogP contribution >= 0.6 is 0 Å². The van der Waals surface area contributed by atoms with Gasteiger partial charge in [-0.3, -0.25) is 0 Å². The second-order valence-corrected chi connectivity index (χ2v) is 4.16. The Bertz CT molecular complexity index is 513. The molecule has 2 rings (SSSR count). The standard InChI is InChI=1S/C15H16FNO/c1-17(11-12-6-4-3-5-7-12)14-10-13(16)8-9-15(14)18-2/h3-10H,11H2,1-2H3. The first-order valence-corrected chi connectivity index (χ1v) is 5.79. The van der Waals surface area contributed by atoms with Crippen LogP contribution in [-0.4, -0.2) is 14.2 Å². The molecule has 0 radical (unpaired) electrons. The van der Waals surface area contributed by atoms with Gasteiger partial charge in [-0.25, -0.2) is 4.39 Å². The normalized spacial score (nSPS) is 10.2. The summed E-state index contributed by atoms with van der Waals surface area (Å²) < 4.78 is 18.6. The van der Waals surface area contributed by atoms with E-state index in [1.807, 2.05) is 42.3 Å². The van der Waals surface area contributed by atoms with Gasteiger partial charge < -0.3 is 9.64 Å². The Kier molecular flexibility index (Phi) is 3.82. The summed E-state index contributed by atoms with van der Waals surface area (Å²) in [6, 6.07) is 14.6. The van der Waals surface area contributed by atoms with Gasteiger partial charge in [0.15, 0.2) is 0 Å². The van der Waals surface area contributed by atoms with Crippen LogP contribution in [0.1, 0.15) is 5.56 Å². The number of ether oxygens (including phenoxy) is 1. The van der Waals surface area contributed by atoms with Crippen LogP contribution in [0.2, 0.25) is 0 Å². The third-order valence-corrected chi connectivity index (χ3v) is 2.81. The molecule has 0 fully saturated rings. The Morgan fingerprint density at radius 1 is 1.11 bits per heavy atom. The van der Waals surface area contributed by atoms with E-state index < -0.39 is 0 Å². The molecule has 0 saturated heterocycles. The zero-order valence-corrected chi connectivity index (χ0v) is 10.6. The van der Waals surface area contributed by atoms with Gasteiger partial charge in [-0.1, -0.05) is 30.3 Å². The molecular formula is C15H16FNO. The van der Waals surface area contributed by atoms with Crippen LogP contribution in [0.15, 0.2) is 48.5 Å². The molecule has 0 aromatic heterocycles. The lowest BCUT2D eigenvalue weighted by Gasteiger charge is -2.21. The molecule has 0 amide bonds. The number of halogens is 1. The first-order chi connectivity index (χ1) is 8.70. The van der Waals surface area contributed by atoms with Crippen molar-refractivity contribution < 1.29 is 9.13 Å². The van der Waals surface area contributed by atoms with Crippen molar-refractivity contribution in [2.75, 3.05) is 19.1 Å². The molecule has 0 aliphatic heterocycles. The number of hydrogen-bond acceptors (Lipinski definition) is 2. The topological polar surface area (TPSA) is 12.5 Å². The summed E-state index contributed by atoms with van der Waals surface area (Å²) in [7, 11) is 3.51. The zero-order valence-electron chi connectivity index (χ0n) is 10.6. The summed E-state index contributed by atoms with van der Waals surface area (Å²) in [5.74, 6) is 0.417. The maximum absolute atomic E-state index is 13.3. The number of benzene rings is 2. The van der Waals surface area contributed by atoms with E-state index in [4.69, 9.17) is 4.74 Å². The average Bonchev–Trinajstić information content (AvgIpc) is 2.40. The van der Waals surface area contributed by atoms with E-state index >= 15 is 0 Å². The fourth-order valence-electron chi connectivity index (χ4n) is 1.90. The second-order valence-electron chi connectivity index (χ2n) is 4.16. The third kappa shape index (κ3) is 2.80. The molecule has 0 atom stereocenters. The lowest BCUT2D eigenvalue weighted by atomic mass is 10.2. The van der Waals surface area contributed by atoms with Crippen LogP contribution in [0, 0.1) is 5.82 Å². The summed E-state index contributed by atoms with van der Waals surface area (Å²) in [6.45, 7) is 0.709. The minimum Gasteiger partial charge on any atom is -0.495 e. The largest absolute Gasteiger partial charge is 0.495 e. The first kappa shape index (κ1) is 12.4. The van der Waals surface area contributed by atoms with Gasteiger partial charge in [-0.05, 0) is 17.7 Å². The zero-order chi connectivity index (χ0) is 13.0. The highest BCUT2D eigenvalue weighted by atomic mass is 19.1. The van der Waals surface area contributed by atoms with E-state index in [2.05, 4.69) is 0 Å². The maximum Gasteiger partial charge on any atom is 0.142 e. The Morgan fingerprint density at radius 3 is 2.50 bits per heavy atom. The van der Waals surface area contributed by atoms with E-state index in [1.165, 1.54) is 17.7 Å². The summed E-state index contributed by atoms with van der Waals surface area (Å²) >= 11 is 0. The van der Waals surface area contributed by atoms with Crippen molar-refractivity contribution in [3.63, 3.8) is 0 Å². The molecule has 3 heteroatoms. The van der Waals surface area contributed by atoms with Crippen molar-refractivity contribution >= 4 is 5.69 Å². The molecule has 94 valence electrons. The van der Waals surface area contributed by atoms with Gasteiger partial charge >= 0.3 is 0 Å². The van der Waals surface area contributed by atoms with Crippen LogP contribution < -0.4 is 9.64 Å². The third-order valence-electron chi connectivity index (χ3n) is 2.81. The van der Waals surface area contributed by atoms with Crippen LogP contribution in [0.4, 0.5) is 10.1 Å². The maximum atomic E-state index is 13.3. The van der Waals surface area contributed by atoms with Crippen LogP contribution in [0.3, 0.4) is 0 Å². The highest BCUT2D eigenvalue weighted by Crippen LogP contribution is 2.28. The lowest BCUT2D eigenvalue weighted by molar-refractivity contribution is 0.413. The van der Waals surface area contributed by atoms with Crippen molar-refractivity contribution in [1.82, 2.24) is 0 Å². The van der Waals surface area contributed by atoms with Crippen LogP contribution in [0.5, 0.6) is 5.75 Å². The molecule has 0 saturated carbocycles. The van der Waals surface area contributed by atoms with Crippen molar-refractivity contribution in [3.8, 4) is 5.75 Å². The smallest absolute Gasteiger partial charge is 0.142 e. The predicted octanol–water partition coefficient (Wildman–Crippen LogP) is 3.47. The number of nitrogens with zero attached hydrogens (tertiary/aromatic N) is 1. The summed E-state index contributed by atoms with van der Waals surface area (Å²) in [5.41, 5.74) is 1.92. The van der Waals surface area contributed by atoms with E-state index in [0.717, 1.165) is 5.69 Å². The minimum absolute atomic E-state index is 0.259. The molecule has 0 spiro atoms. The van der Waals surface area contributed by atoms with Gasteiger partial charge in [0.05, 0.1) is 12.8 Å². The fourth-order valence-corrected chi connectivity index (χ4v) is 1.90. The molecule has 0 N–H and O–H groups in total. The number of methoxy groups -OCH3 is 1. The van der Waals surface area contributed by atoms with Crippen molar-refractivity contribution in [3.05, 3.63) is 59.9 Å². The Morgan fingerprint density at radius 2 is 1.83 bits per heavy atom. The highest BCUT2D eigenvalue weighted by Gasteiger charge is 2.09. The Labute approximate surface area is 107 Å². The van der Waals surface area contributed by atoms with Gasteiger partial charge in [-0.2, -0.15) is 0 Å². The fraction of sp³-hybridized carbons (Fsp3) is 0.200. The molecule has 0 heterocycles. The highest BCUT2D eigenvalue weighted by molar-refractivity contribution is 5.58. The van der Waals surface area contributed by atoms with Crippen molar-refractivity contribution in [1.29, 1.82) is 0 Å². The minimum atomic E-state index is -0.259. The van der Waals surface area contributed by atoms with Gasteiger partial charge in [-0.15, -0.1) is 0 Å². The predicted molar refractivity (Wildman–Crippen MR) is 71.5 cm³/mol. The average molecular weight is 245 g/mol. The Balaban J connectivity index is 2.23. The van der Waals surface area contributed by atoms with E-state index in [0.29, 0.717) is 12.3 Å². The van der Waals surface area contributed by atoms with Crippen molar-refractivity contribution in [2.24, 2.45) is 0 Å². The van der Waals surface area contributed by atoms with Crippen LogP contribution in [-0.2, 0) is 6.54 Å². The molecule has 2 nitrogen and oxygen atoms in total. The molecular weight excluding hydrogens is 229 g/mol. The quantitative estimate of drug-likeness (QED) is 0.817. The molecule has 0 bridgehead atoms. The molecule has 18 heavy (non-hydrogen) atoms. The Hall–Kier alpha value is -2.03. The SMILES string of the molecule is COc1ccc(F)cc1N(C)Cc1ccccc1. The van der Waals surface area contributed by atoms with E-state index in [9.17, 15) is 4.39 Å². The number of rotatable bonds is 4. The molecule has 2 aromatic rings. The van der Waals surface area contributed by atoms with Gasteiger partial charge in [0.25, 0.3) is 0 Å². The molecule has 2 aromatic carbocycles. The molecule has 0 aliphatic carbocycles. The van der Waals surface area contributed by atoms with Gasteiger partial charge in [0, 0.05) is 19.7 Å². The monoisotopic (exact) mass is 245 g/mol. The number of anilines is 1. The van der Waals surface area contributed by atoms with Crippen molar-refractivity contribution in [2.45, 2.75) is 6.54 Å². The van der Waals surface area contributed by atoms with E-state index in [1.54, 1.807) is 13.2 Å². The summed E-state index contributed by atoms with van der Waals surface area (Å²) in [6.07, 6.45) is 0. The number of hydrogen-bond donors (Lipinski definition) is 0. The molecule has 0 aliphatic rings. The van der Waals surface area contributed by atoms with Crippen LogP contribution in [0.25, 0.3) is 0 Å². The second kappa shape index (κ2) is 5.54. The van der Waals surface area contributed by atoms with E-state index in [-0.39, 0.29) is 5.82 Å². The van der Waals surface area contributed by atoms with Gasteiger partial charge in [0.2, 0.25) is 0 Å². The summed E-state index contributed by atoms with van der Waals surface area (Å²) in [4.78, 5) is 1.97.